The van der Waals surface area contributed by atoms with Crippen molar-refractivity contribution >= 4 is 17.3 Å². The molecule has 1 aliphatic heterocycles. The Labute approximate surface area is 158 Å². The summed E-state index contributed by atoms with van der Waals surface area (Å²) in [6.07, 6.45) is 0. The molecule has 0 saturated heterocycles. The Hall–Kier alpha value is -3.40. The van der Waals surface area contributed by atoms with Gasteiger partial charge in [0, 0.05) is 11.1 Å². The molecule has 0 radical (unpaired) electrons. The van der Waals surface area contributed by atoms with Crippen LogP contribution in [0.5, 0.6) is 5.75 Å². The maximum Gasteiger partial charge on any atom is 0.248 e. The van der Waals surface area contributed by atoms with E-state index in [1.807, 2.05) is 83.8 Å². The van der Waals surface area contributed by atoms with Crippen molar-refractivity contribution in [1.82, 2.24) is 0 Å². The number of rotatable bonds is 4. The van der Waals surface area contributed by atoms with Crippen LogP contribution in [0.3, 0.4) is 0 Å². The van der Waals surface area contributed by atoms with Gasteiger partial charge in [0.2, 0.25) is 5.91 Å². The number of hydrogen-bond donors (Lipinski definition) is 0. The summed E-state index contributed by atoms with van der Waals surface area (Å²) in [6, 6.07) is 25.8. The first kappa shape index (κ1) is 17.0. The van der Waals surface area contributed by atoms with Gasteiger partial charge in [0.05, 0.1) is 25.1 Å². The van der Waals surface area contributed by atoms with Crippen molar-refractivity contribution in [1.29, 1.82) is 0 Å². The number of carbonyl (C=O) groups excluding carboxylic acids is 1. The molecule has 27 heavy (non-hydrogen) atoms. The largest absolute Gasteiger partial charge is 0.497 e. The number of amides is 1. The van der Waals surface area contributed by atoms with Crippen LogP contribution in [0.2, 0.25) is 0 Å². The van der Waals surface area contributed by atoms with Crippen molar-refractivity contribution in [2.75, 3.05) is 18.6 Å². The van der Waals surface area contributed by atoms with Crippen LogP contribution in [0.15, 0.2) is 83.9 Å². The molecule has 3 aromatic rings. The number of para-hydroxylation sites is 1. The normalized spacial score (nSPS) is 13.6. The van der Waals surface area contributed by atoms with E-state index in [1.165, 1.54) is 0 Å². The minimum atomic E-state index is -0.0100. The van der Waals surface area contributed by atoms with E-state index in [-0.39, 0.29) is 12.5 Å². The molecule has 4 nitrogen and oxygen atoms in total. The number of nitrogens with zero attached hydrogens (tertiary/aromatic N) is 2. The Bertz CT molecular complexity index is 979. The first-order valence-corrected chi connectivity index (χ1v) is 8.89. The number of methoxy groups -OCH3 is 1. The first-order valence-electron chi connectivity index (χ1n) is 8.89. The first-order chi connectivity index (χ1) is 13.3. The summed E-state index contributed by atoms with van der Waals surface area (Å²) < 4.78 is 5.22. The van der Waals surface area contributed by atoms with Gasteiger partial charge in [-0.2, -0.15) is 0 Å². The molecule has 0 N–H and O–H groups in total. The molecule has 1 amide bonds. The molecule has 0 unspecified atom stereocenters. The van der Waals surface area contributed by atoms with Crippen molar-refractivity contribution in [2.24, 2.45) is 4.99 Å². The summed E-state index contributed by atoms with van der Waals surface area (Å²) in [4.78, 5) is 19.3. The van der Waals surface area contributed by atoms with Crippen molar-refractivity contribution in [2.45, 2.75) is 6.54 Å². The molecule has 0 aromatic heterocycles. The lowest BCUT2D eigenvalue weighted by Crippen LogP contribution is -2.31. The Kier molecular flexibility index (Phi) is 4.71. The van der Waals surface area contributed by atoms with E-state index < -0.39 is 0 Å². The zero-order chi connectivity index (χ0) is 18.6. The van der Waals surface area contributed by atoms with Gasteiger partial charge in [-0.3, -0.25) is 9.79 Å². The second-order valence-electron chi connectivity index (χ2n) is 6.38. The fraction of sp³-hybridized carbons (Fsp3) is 0.130. The zero-order valence-corrected chi connectivity index (χ0v) is 15.1. The lowest BCUT2D eigenvalue weighted by atomic mass is 10.00. The number of benzodiazepines with no additional fused rings is 1. The second kappa shape index (κ2) is 7.46. The molecular formula is C23H20N2O2. The molecule has 0 aliphatic carbocycles. The number of benzene rings is 3. The third kappa shape index (κ3) is 3.47. The topological polar surface area (TPSA) is 41.9 Å². The highest BCUT2D eigenvalue weighted by Gasteiger charge is 2.24. The zero-order valence-electron chi connectivity index (χ0n) is 15.1. The maximum atomic E-state index is 12.9. The van der Waals surface area contributed by atoms with Crippen LogP contribution in [0.1, 0.15) is 16.7 Å². The average molecular weight is 356 g/mol. The fourth-order valence-corrected chi connectivity index (χ4v) is 3.29. The summed E-state index contributed by atoms with van der Waals surface area (Å²) in [5.41, 5.74) is 4.78. The summed E-state index contributed by atoms with van der Waals surface area (Å²) >= 11 is 0. The highest BCUT2D eigenvalue weighted by molar-refractivity contribution is 6.19. The molecule has 0 atom stereocenters. The predicted octanol–water partition coefficient (Wildman–Crippen LogP) is 4.08. The van der Waals surface area contributed by atoms with E-state index in [0.717, 1.165) is 33.8 Å². The van der Waals surface area contributed by atoms with Gasteiger partial charge in [0.25, 0.3) is 0 Å². The van der Waals surface area contributed by atoms with E-state index in [1.54, 1.807) is 7.11 Å². The highest BCUT2D eigenvalue weighted by atomic mass is 16.5. The van der Waals surface area contributed by atoms with Crippen LogP contribution in [-0.2, 0) is 11.3 Å². The summed E-state index contributed by atoms with van der Waals surface area (Å²) in [5.74, 6) is 0.792. The summed E-state index contributed by atoms with van der Waals surface area (Å²) in [6.45, 7) is 0.631. The predicted molar refractivity (Wildman–Crippen MR) is 108 cm³/mol. The SMILES string of the molecule is COc1ccc(CN2C(=O)CN=C(c3ccccc3)c3ccccc32)cc1. The standard InChI is InChI=1S/C23H20N2O2/c1-27-19-13-11-17(12-14-19)16-25-21-10-6-5-9-20(21)23(24-15-22(25)26)18-7-3-2-4-8-18/h2-14H,15-16H2,1H3. The van der Waals surface area contributed by atoms with Crippen molar-refractivity contribution in [3.63, 3.8) is 0 Å². The van der Waals surface area contributed by atoms with Gasteiger partial charge in [-0.25, -0.2) is 0 Å². The van der Waals surface area contributed by atoms with E-state index in [4.69, 9.17) is 4.74 Å². The van der Waals surface area contributed by atoms with Crippen molar-refractivity contribution in [3.05, 3.63) is 95.6 Å². The Balaban J connectivity index is 1.73. The quantitative estimate of drug-likeness (QED) is 0.707. The Morgan fingerprint density at radius 1 is 0.926 bits per heavy atom. The number of anilines is 1. The average Bonchev–Trinajstić information content (AvgIpc) is 2.86. The number of carbonyl (C=O) groups is 1. The van der Waals surface area contributed by atoms with Gasteiger partial charge < -0.3 is 9.64 Å². The molecule has 0 spiro atoms. The van der Waals surface area contributed by atoms with E-state index in [2.05, 4.69) is 4.99 Å². The van der Waals surface area contributed by atoms with Gasteiger partial charge in [-0.05, 0) is 23.8 Å². The lowest BCUT2D eigenvalue weighted by molar-refractivity contribution is -0.117. The number of hydrogen-bond acceptors (Lipinski definition) is 3. The fourth-order valence-electron chi connectivity index (χ4n) is 3.29. The van der Waals surface area contributed by atoms with Crippen molar-refractivity contribution < 1.29 is 9.53 Å². The molecule has 3 aromatic carbocycles. The molecule has 4 heteroatoms. The smallest absolute Gasteiger partial charge is 0.248 e. The van der Waals surface area contributed by atoms with Crippen molar-refractivity contribution in [3.8, 4) is 5.75 Å². The highest BCUT2D eigenvalue weighted by Crippen LogP contribution is 2.28. The molecule has 1 heterocycles. The number of fused-ring (bicyclic) bond motifs is 1. The van der Waals surface area contributed by atoms with E-state index >= 15 is 0 Å². The van der Waals surface area contributed by atoms with E-state index in [9.17, 15) is 4.79 Å². The number of aliphatic imine (C=N–C) groups is 1. The molecule has 1 aliphatic rings. The van der Waals surface area contributed by atoms with Gasteiger partial charge in [-0.1, -0.05) is 60.7 Å². The van der Waals surface area contributed by atoms with Crippen LogP contribution in [0, 0.1) is 0 Å². The molecule has 4 rings (SSSR count). The summed E-state index contributed by atoms with van der Waals surface area (Å²) in [5, 5.41) is 0. The summed E-state index contributed by atoms with van der Waals surface area (Å²) in [7, 11) is 1.64. The van der Waals surface area contributed by atoms with Crippen LogP contribution >= 0.6 is 0 Å². The Morgan fingerprint density at radius 3 is 2.37 bits per heavy atom. The minimum absolute atomic E-state index is 0.0100. The molecule has 0 saturated carbocycles. The second-order valence-corrected chi connectivity index (χ2v) is 6.38. The third-order valence-corrected chi connectivity index (χ3v) is 4.67. The van der Waals surface area contributed by atoms with Crippen LogP contribution in [0.4, 0.5) is 5.69 Å². The van der Waals surface area contributed by atoms with E-state index in [0.29, 0.717) is 6.54 Å². The minimum Gasteiger partial charge on any atom is -0.497 e. The number of ether oxygens (including phenoxy) is 1. The molecule has 0 fully saturated rings. The molecule has 134 valence electrons. The lowest BCUT2D eigenvalue weighted by Gasteiger charge is -2.23. The maximum absolute atomic E-state index is 12.9. The monoisotopic (exact) mass is 356 g/mol. The van der Waals surface area contributed by atoms with Gasteiger partial charge >= 0.3 is 0 Å². The molecule has 0 bridgehead atoms. The Morgan fingerprint density at radius 2 is 1.63 bits per heavy atom. The molecular weight excluding hydrogens is 336 g/mol. The van der Waals surface area contributed by atoms with Gasteiger partial charge in [0.15, 0.2) is 0 Å². The van der Waals surface area contributed by atoms with Crippen LogP contribution in [-0.4, -0.2) is 25.3 Å². The van der Waals surface area contributed by atoms with Crippen LogP contribution < -0.4 is 9.64 Å². The van der Waals surface area contributed by atoms with Gasteiger partial charge in [0.1, 0.15) is 12.3 Å². The van der Waals surface area contributed by atoms with Gasteiger partial charge in [-0.15, -0.1) is 0 Å². The van der Waals surface area contributed by atoms with Crippen LogP contribution in [0.25, 0.3) is 0 Å². The third-order valence-electron chi connectivity index (χ3n) is 4.67.